The van der Waals surface area contributed by atoms with E-state index in [0.717, 1.165) is 37.1 Å². The van der Waals surface area contributed by atoms with Gasteiger partial charge in [0.25, 0.3) is 0 Å². The van der Waals surface area contributed by atoms with Crippen molar-refractivity contribution in [1.29, 1.82) is 0 Å². The van der Waals surface area contributed by atoms with Crippen LogP contribution in [-0.4, -0.2) is 52.5 Å². The molecule has 1 fully saturated rings. The predicted molar refractivity (Wildman–Crippen MR) is 107 cm³/mol. The summed E-state index contributed by atoms with van der Waals surface area (Å²) in [5.74, 6) is 0.680. The summed E-state index contributed by atoms with van der Waals surface area (Å²) in [6, 6.07) is 18.3. The molecule has 1 aliphatic heterocycles. The fraction of sp³-hybridized carbons (Fsp3) is 0.381. The van der Waals surface area contributed by atoms with Crippen molar-refractivity contribution in [1.82, 2.24) is 19.9 Å². The molecule has 0 radical (unpaired) electrons. The van der Waals surface area contributed by atoms with Crippen LogP contribution in [0.5, 0.6) is 0 Å². The Morgan fingerprint density at radius 3 is 2.78 bits per heavy atom. The molecule has 6 nitrogen and oxygen atoms in total. The molecule has 1 aliphatic rings. The minimum Gasteiger partial charge on any atom is -0.371 e. The van der Waals surface area contributed by atoms with Crippen molar-refractivity contribution >= 4 is 22.6 Å². The van der Waals surface area contributed by atoms with Crippen molar-refractivity contribution in [2.45, 2.75) is 19.4 Å². The van der Waals surface area contributed by atoms with Crippen LogP contribution in [0, 0.1) is 5.92 Å². The second-order valence-corrected chi connectivity index (χ2v) is 7.26. The number of rotatable bonds is 6. The van der Waals surface area contributed by atoms with Crippen molar-refractivity contribution < 1.29 is 4.79 Å². The number of hydrogen-bond acceptors (Lipinski definition) is 4. The molecule has 4 rings (SSSR count). The number of para-hydroxylation sites is 2. The van der Waals surface area contributed by atoms with E-state index in [2.05, 4.69) is 39.5 Å². The third-order valence-corrected chi connectivity index (χ3v) is 5.32. The molecule has 1 amide bonds. The van der Waals surface area contributed by atoms with Crippen molar-refractivity contribution in [3.05, 3.63) is 54.6 Å². The number of carbonyl (C=O) groups is 1. The van der Waals surface area contributed by atoms with Crippen LogP contribution < -0.4 is 4.90 Å². The molecule has 0 unspecified atom stereocenters. The highest BCUT2D eigenvalue weighted by atomic mass is 16.2. The average Bonchev–Trinajstić information content (AvgIpc) is 3.34. The van der Waals surface area contributed by atoms with E-state index in [1.807, 2.05) is 47.0 Å². The maximum atomic E-state index is 12.6. The Hall–Kier alpha value is -2.89. The highest BCUT2D eigenvalue weighted by Crippen LogP contribution is 2.24. The van der Waals surface area contributed by atoms with E-state index in [4.69, 9.17) is 0 Å². The zero-order valence-electron chi connectivity index (χ0n) is 15.7. The lowest BCUT2D eigenvalue weighted by atomic mass is 10.1. The predicted octanol–water partition coefficient (Wildman–Crippen LogP) is 2.81. The van der Waals surface area contributed by atoms with E-state index in [1.165, 1.54) is 5.69 Å². The van der Waals surface area contributed by atoms with Crippen molar-refractivity contribution in [2.24, 2.45) is 5.92 Å². The van der Waals surface area contributed by atoms with Gasteiger partial charge < -0.3 is 9.80 Å². The number of carbonyl (C=O) groups excluding carboxylic acids is 1. The van der Waals surface area contributed by atoms with Crippen LogP contribution >= 0.6 is 0 Å². The Morgan fingerprint density at radius 1 is 1.15 bits per heavy atom. The van der Waals surface area contributed by atoms with Gasteiger partial charge in [0.05, 0.1) is 12.1 Å². The zero-order valence-corrected chi connectivity index (χ0v) is 15.7. The number of fused-ring (bicyclic) bond motifs is 1. The lowest BCUT2D eigenvalue weighted by molar-refractivity contribution is -0.130. The van der Waals surface area contributed by atoms with Crippen LogP contribution in [0.25, 0.3) is 11.0 Å². The van der Waals surface area contributed by atoms with E-state index >= 15 is 0 Å². The maximum Gasteiger partial charge on any atom is 0.224 e. The van der Waals surface area contributed by atoms with Gasteiger partial charge in [0.1, 0.15) is 5.52 Å². The van der Waals surface area contributed by atoms with Crippen LogP contribution in [0.4, 0.5) is 5.69 Å². The van der Waals surface area contributed by atoms with E-state index < -0.39 is 0 Å². The number of nitrogens with zero attached hydrogens (tertiary/aromatic N) is 5. The number of benzene rings is 2. The topological polar surface area (TPSA) is 54.3 Å². The standard InChI is InChI=1S/C21H25N5O/c1-24(15-17-11-13-25(16-17)18-7-3-2-4-8-18)21(27)12-14-26-20-10-6-5-9-19(20)22-23-26/h2-10,17H,11-16H2,1H3/t17-/m0/s1. The first kappa shape index (κ1) is 17.5. The fourth-order valence-electron chi connectivity index (χ4n) is 3.82. The molecule has 0 saturated carbocycles. The van der Waals surface area contributed by atoms with Gasteiger partial charge >= 0.3 is 0 Å². The van der Waals surface area contributed by atoms with Crippen LogP contribution in [-0.2, 0) is 11.3 Å². The Bertz CT molecular complexity index is 907. The highest BCUT2D eigenvalue weighted by Gasteiger charge is 2.25. The molecule has 27 heavy (non-hydrogen) atoms. The van der Waals surface area contributed by atoms with Crippen LogP contribution in [0.1, 0.15) is 12.8 Å². The van der Waals surface area contributed by atoms with E-state index in [-0.39, 0.29) is 5.91 Å². The summed E-state index contributed by atoms with van der Waals surface area (Å²) in [6.45, 7) is 3.43. The lowest BCUT2D eigenvalue weighted by Crippen LogP contribution is -2.33. The summed E-state index contributed by atoms with van der Waals surface area (Å²) >= 11 is 0. The normalized spacial score (nSPS) is 16.8. The first-order valence-corrected chi connectivity index (χ1v) is 9.53. The third-order valence-electron chi connectivity index (χ3n) is 5.32. The molecule has 0 N–H and O–H groups in total. The van der Waals surface area contributed by atoms with Crippen molar-refractivity contribution in [3.8, 4) is 0 Å². The average molecular weight is 363 g/mol. The molecule has 2 aromatic carbocycles. The molecule has 3 aromatic rings. The highest BCUT2D eigenvalue weighted by molar-refractivity contribution is 5.77. The molecule has 0 bridgehead atoms. The zero-order chi connectivity index (χ0) is 18.6. The number of aromatic nitrogens is 3. The smallest absolute Gasteiger partial charge is 0.224 e. The van der Waals surface area contributed by atoms with Gasteiger partial charge in [0.2, 0.25) is 5.91 Å². The third kappa shape index (κ3) is 3.94. The SMILES string of the molecule is CN(C[C@@H]1CCN(c2ccccc2)C1)C(=O)CCn1nnc2ccccc21. The van der Waals surface area contributed by atoms with Crippen LogP contribution in [0.2, 0.25) is 0 Å². The molecule has 6 heteroatoms. The summed E-state index contributed by atoms with van der Waals surface area (Å²) in [5.41, 5.74) is 3.11. The van der Waals surface area contributed by atoms with Gasteiger partial charge in [0, 0.05) is 38.8 Å². The first-order valence-electron chi connectivity index (χ1n) is 9.53. The van der Waals surface area contributed by atoms with E-state index in [0.29, 0.717) is 18.9 Å². The van der Waals surface area contributed by atoms with Crippen molar-refractivity contribution in [2.75, 3.05) is 31.6 Å². The molecule has 140 valence electrons. The van der Waals surface area contributed by atoms with Crippen LogP contribution in [0.3, 0.4) is 0 Å². The second kappa shape index (κ2) is 7.78. The monoisotopic (exact) mass is 363 g/mol. The number of hydrogen-bond donors (Lipinski definition) is 0. The van der Waals surface area contributed by atoms with Gasteiger partial charge in [0.15, 0.2) is 0 Å². The minimum absolute atomic E-state index is 0.160. The summed E-state index contributed by atoms with van der Waals surface area (Å²) in [6.07, 6.45) is 1.57. The first-order chi connectivity index (χ1) is 13.2. The molecular formula is C21H25N5O. The number of amides is 1. The Balaban J connectivity index is 1.28. The quantitative estimate of drug-likeness (QED) is 0.676. The fourth-order valence-corrected chi connectivity index (χ4v) is 3.82. The second-order valence-electron chi connectivity index (χ2n) is 7.26. The Morgan fingerprint density at radius 2 is 1.93 bits per heavy atom. The van der Waals surface area contributed by atoms with Gasteiger partial charge in [-0.25, -0.2) is 4.68 Å². The van der Waals surface area contributed by atoms with E-state index in [9.17, 15) is 4.79 Å². The molecule has 1 saturated heterocycles. The largest absolute Gasteiger partial charge is 0.371 e. The summed E-state index contributed by atoms with van der Waals surface area (Å²) < 4.78 is 1.81. The Kier molecular flexibility index (Phi) is 5.05. The van der Waals surface area contributed by atoms with Crippen LogP contribution in [0.15, 0.2) is 54.6 Å². The van der Waals surface area contributed by atoms with Gasteiger partial charge in [-0.15, -0.1) is 5.10 Å². The molecular weight excluding hydrogens is 338 g/mol. The summed E-state index contributed by atoms with van der Waals surface area (Å²) in [7, 11) is 1.91. The maximum absolute atomic E-state index is 12.6. The molecule has 0 aliphatic carbocycles. The number of aryl methyl sites for hydroxylation is 1. The molecule has 2 heterocycles. The molecule has 0 spiro atoms. The molecule has 1 aromatic heterocycles. The lowest BCUT2D eigenvalue weighted by Gasteiger charge is -2.22. The summed E-state index contributed by atoms with van der Waals surface area (Å²) in [5, 5.41) is 8.31. The van der Waals surface area contributed by atoms with Gasteiger partial charge in [-0.1, -0.05) is 35.5 Å². The van der Waals surface area contributed by atoms with Gasteiger partial charge in [-0.05, 0) is 36.6 Å². The van der Waals surface area contributed by atoms with Gasteiger partial charge in [-0.3, -0.25) is 4.79 Å². The number of anilines is 1. The van der Waals surface area contributed by atoms with Gasteiger partial charge in [-0.2, -0.15) is 0 Å². The minimum atomic E-state index is 0.160. The summed E-state index contributed by atoms with van der Waals surface area (Å²) in [4.78, 5) is 16.8. The Labute approximate surface area is 159 Å². The molecule has 1 atom stereocenters. The van der Waals surface area contributed by atoms with E-state index in [1.54, 1.807) is 0 Å². The van der Waals surface area contributed by atoms with Crippen molar-refractivity contribution in [3.63, 3.8) is 0 Å².